The van der Waals surface area contributed by atoms with Gasteiger partial charge in [0.1, 0.15) is 0 Å². The Morgan fingerprint density at radius 1 is 1.50 bits per heavy atom. The van der Waals surface area contributed by atoms with Gasteiger partial charge in [0.15, 0.2) is 0 Å². The van der Waals surface area contributed by atoms with Gasteiger partial charge in [-0.05, 0) is 43.7 Å². The van der Waals surface area contributed by atoms with E-state index < -0.39 is 0 Å². The number of hydrogen-bond donors (Lipinski definition) is 1. The van der Waals surface area contributed by atoms with Crippen LogP contribution in [-0.2, 0) is 0 Å². The van der Waals surface area contributed by atoms with Crippen LogP contribution in [0.5, 0.6) is 0 Å². The molecule has 1 N–H and O–H groups in total. The van der Waals surface area contributed by atoms with Crippen molar-refractivity contribution in [1.82, 2.24) is 4.90 Å². The number of piperidine rings is 1. The smallest absolute Gasteiger partial charge is 0.254 e. The molecule has 0 unspecified atom stereocenters. The van der Waals surface area contributed by atoms with Gasteiger partial charge in [0.2, 0.25) is 0 Å². The second-order valence-electron chi connectivity index (χ2n) is 4.73. The maximum absolute atomic E-state index is 12.4. The molecule has 4 heteroatoms. The Morgan fingerprint density at radius 3 is 2.94 bits per heavy atom. The molecule has 1 amide bonds. The number of carbonyl (C=O) groups excluding carboxylic acids is 1. The lowest BCUT2D eigenvalue weighted by Crippen LogP contribution is -2.42. The normalized spacial score (nSPS) is 19.9. The number of rotatable bonds is 2. The van der Waals surface area contributed by atoms with Crippen molar-refractivity contribution in [3.05, 3.63) is 29.3 Å². The van der Waals surface area contributed by atoms with Crippen LogP contribution in [-0.4, -0.2) is 41.4 Å². The number of hydrogen-bond acceptors (Lipinski definition) is 3. The predicted octanol–water partition coefficient (Wildman–Crippen LogP) is 2.31. The minimum Gasteiger partial charge on any atom is -0.391 e. The summed E-state index contributed by atoms with van der Waals surface area (Å²) in [6.45, 7) is 3.16. The zero-order valence-electron chi connectivity index (χ0n) is 10.8. The fraction of sp³-hybridized carbons (Fsp3) is 0.500. The average Bonchev–Trinajstić information content (AvgIpc) is 2.38. The molecule has 98 valence electrons. The van der Waals surface area contributed by atoms with Gasteiger partial charge >= 0.3 is 0 Å². The van der Waals surface area contributed by atoms with Crippen LogP contribution in [0.15, 0.2) is 23.1 Å². The number of nitrogens with zero attached hydrogens (tertiary/aromatic N) is 1. The number of aliphatic hydroxyl groups excluding tert-OH is 1. The molecule has 3 nitrogen and oxygen atoms in total. The first-order valence-corrected chi connectivity index (χ1v) is 7.46. The Balaban J connectivity index is 2.22. The summed E-state index contributed by atoms with van der Waals surface area (Å²) in [6, 6.07) is 5.96. The minimum atomic E-state index is -0.369. The number of aryl methyl sites for hydroxylation is 1. The van der Waals surface area contributed by atoms with E-state index in [0.717, 1.165) is 35.4 Å². The van der Waals surface area contributed by atoms with E-state index in [1.54, 1.807) is 16.7 Å². The van der Waals surface area contributed by atoms with E-state index in [2.05, 4.69) is 0 Å². The molecule has 1 aliphatic rings. The molecule has 1 aromatic carbocycles. The number of amides is 1. The molecule has 1 saturated heterocycles. The van der Waals surface area contributed by atoms with Crippen molar-refractivity contribution >= 4 is 17.7 Å². The Labute approximate surface area is 112 Å². The van der Waals surface area contributed by atoms with Crippen LogP contribution in [0.1, 0.15) is 28.8 Å². The third-order valence-corrected chi connectivity index (χ3v) is 4.08. The fourth-order valence-electron chi connectivity index (χ4n) is 2.27. The molecular weight excluding hydrogens is 246 g/mol. The van der Waals surface area contributed by atoms with Crippen LogP contribution in [0.3, 0.4) is 0 Å². The van der Waals surface area contributed by atoms with Crippen LogP contribution < -0.4 is 0 Å². The van der Waals surface area contributed by atoms with E-state index in [-0.39, 0.29) is 12.0 Å². The lowest BCUT2D eigenvalue weighted by Gasteiger charge is -2.30. The Hall–Kier alpha value is -1.00. The highest BCUT2D eigenvalue weighted by molar-refractivity contribution is 7.98. The van der Waals surface area contributed by atoms with Gasteiger partial charge in [-0.3, -0.25) is 4.79 Å². The van der Waals surface area contributed by atoms with Gasteiger partial charge in [-0.2, -0.15) is 0 Å². The largest absolute Gasteiger partial charge is 0.391 e. The summed E-state index contributed by atoms with van der Waals surface area (Å²) in [5.41, 5.74) is 1.76. The molecule has 2 rings (SSSR count). The van der Waals surface area contributed by atoms with E-state index in [1.807, 2.05) is 31.4 Å². The molecule has 1 aliphatic heterocycles. The van der Waals surface area contributed by atoms with E-state index in [9.17, 15) is 9.90 Å². The quantitative estimate of drug-likeness (QED) is 0.834. The maximum atomic E-state index is 12.4. The first-order valence-electron chi connectivity index (χ1n) is 6.24. The van der Waals surface area contributed by atoms with Crippen LogP contribution in [0.25, 0.3) is 0 Å². The van der Waals surface area contributed by atoms with Crippen molar-refractivity contribution in [2.75, 3.05) is 19.3 Å². The van der Waals surface area contributed by atoms with Gasteiger partial charge in [-0.1, -0.05) is 6.07 Å². The summed E-state index contributed by atoms with van der Waals surface area (Å²) in [5, 5.41) is 9.65. The summed E-state index contributed by atoms with van der Waals surface area (Å²) in [4.78, 5) is 15.3. The molecule has 1 heterocycles. The predicted molar refractivity (Wildman–Crippen MR) is 74.1 cm³/mol. The van der Waals surface area contributed by atoms with Gasteiger partial charge < -0.3 is 10.0 Å². The molecule has 0 bridgehead atoms. The summed E-state index contributed by atoms with van der Waals surface area (Å²) in [5.74, 6) is 0.0437. The highest BCUT2D eigenvalue weighted by atomic mass is 32.2. The lowest BCUT2D eigenvalue weighted by atomic mass is 10.0. The van der Waals surface area contributed by atoms with Crippen molar-refractivity contribution in [3.63, 3.8) is 0 Å². The van der Waals surface area contributed by atoms with Gasteiger partial charge in [0.05, 0.1) is 6.10 Å². The van der Waals surface area contributed by atoms with E-state index >= 15 is 0 Å². The standard InChI is InChI=1S/C14H19NO2S/c1-10-5-6-12(18-2)8-13(10)14(17)15-7-3-4-11(16)9-15/h5-6,8,11,16H,3-4,7,9H2,1-2H3/t11-/m0/s1. The molecule has 0 aliphatic carbocycles. The molecule has 0 aromatic heterocycles. The topological polar surface area (TPSA) is 40.5 Å². The molecule has 0 saturated carbocycles. The number of thioether (sulfide) groups is 1. The number of aliphatic hydroxyl groups is 1. The van der Waals surface area contributed by atoms with Gasteiger partial charge in [0.25, 0.3) is 5.91 Å². The summed E-state index contributed by atoms with van der Waals surface area (Å²) < 4.78 is 0. The van der Waals surface area contributed by atoms with Crippen LogP contribution in [0, 0.1) is 6.92 Å². The van der Waals surface area contributed by atoms with E-state index in [4.69, 9.17) is 0 Å². The van der Waals surface area contributed by atoms with Crippen LogP contribution in [0.2, 0.25) is 0 Å². The average molecular weight is 265 g/mol. The van der Waals surface area contributed by atoms with Crippen molar-refractivity contribution in [2.45, 2.75) is 30.8 Å². The van der Waals surface area contributed by atoms with Crippen molar-refractivity contribution in [2.24, 2.45) is 0 Å². The molecule has 1 atom stereocenters. The molecular formula is C14H19NO2S. The highest BCUT2D eigenvalue weighted by Gasteiger charge is 2.24. The molecule has 1 fully saturated rings. The maximum Gasteiger partial charge on any atom is 0.254 e. The van der Waals surface area contributed by atoms with Crippen molar-refractivity contribution in [3.8, 4) is 0 Å². The second-order valence-corrected chi connectivity index (χ2v) is 5.61. The number of likely N-dealkylation sites (tertiary alicyclic amines) is 1. The third kappa shape index (κ3) is 2.87. The fourth-order valence-corrected chi connectivity index (χ4v) is 2.71. The summed E-state index contributed by atoms with van der Waals surface area (Å²) >= 11 is 1.64. The molecule has 0 spiro atoms. The van der Waals surface area contributed by atoms with Crippen LogP contribution in [0.4, 0.5) is 0 Å². The van der Waals surface area contributed by atoms with Crippen molar-refractivity contribution in [1.29, 1.82) is 0 Å². The zero-order valence-corrected chi connectivity index (χ0v) is 11.7. The van der Waals surface area contributed by atoms with Gasteiger partial charge in [0, 0.05) is 23.5 Å². The first kappa shape index (κ1) is 13.4. The highest BCUT2D eigenvalue weighted by Crippen LogP contribution is 2.21. The minimum absolute atomic E-state index is 0.0437. The zero-order chi connectivity index (χ0) is 13.1. The molecule has 18 heavy (non-hydrogen) atoms. The Bertz CT molecular complexity index is 447. The van der Waals surface area contributed by atoms with Crippen LogP contribution >= 0.6 is 11.8 Å². The number of benzene rings is 1. The number of carbonyl (C=O) groups is 1. The number of β-amino-alcohol motifs (C(OH)–C–C–N with tert-alkyl or cyclic N) is 1. The Kier molecular flexibility index (Phi) is 4.30. The van der Waals surface area contributed by atoms with E-state index in [0.29, 0.717) is 6.54 Å². The first-order chi connectivity index (χ1) is 8.61. The molecule has 0 radical (unpaired) electrons. The molecule has 1 aromatic rings. The SMILES string of the molecule is CSc1ccc(C)c(C(=O)N2CCC[C@H](O)C2)c1. The third-order valence-electron chi connectivity index (χ3n) is 3.36. The Morgan fingerprint density at radius 2 is 2.28 bits per heavy atom. The summed E-state index contributed by atoms with van der Waals surface area (Å²) in [7, 11) is 0. The summed E-state index contributed by atoms with van der Waals surface area (Å²) in [6.07, 6.45) is 3.32. The van der Waals surface area contributed by atoms with Crippen molar-refractivity contribution < 1.29 is 9.90 Å². The van der Waals surface area contributed by atoms with E-state index in [1.165, 1.54) is 0 Å². The van der Waals surface area contributed by atoms with Gasteiger partial charge in [-0.15, -0.1) is 11.8 Å². The second kappa shape index (κ2) is 5.76. The monoisotopic (exact) mass is 265 g/mol. The lowest BCUT2D eigenvalue weighted by molar-refractivity contribution is 0.0473. The van der Waals surface area contributed by atoms with Gasteiger partial charge in [-0.25, -0.2) is 0 Å².